The smallest absolute Gasteiger partial charge is 0.0471 e. The van der Waals surface area contributed by atoms with Gasteiger partial charge in [-0.05, 0) is 30.5 Å². The SMILES string of the molecule is O=S1CCN(c2ccc(CNC3CC3)c(Cl)c2)CC1. The fourth-order valence-electron chi connectivity index (χ4n) is 2.31. The third-order valence-corrected chi connectivity index (χ3v) is 5.37. The molecule has 0 bridgehead atoms. The van der Waals surface area contributed by atoms with Crippen molar-refractivity contribution in [2.45, 2.75) is 25.4 Å². The van der Waals surface area contributed by atoms with Gasteiger partial charge in [-0.3, -0.25) is 4.21 Å². The van der Waals surface area contributed by atoms with Crippen LogP contribution in [0.2, 0.25) is 5.02 Å². The highest BCUT2D eigenvalue weighted by atomic mass is 35.5. The zero-order chi connectivity index (χ0) is 13.2. The summed E-state index contributed by atoms with van der Waals surface area (Å²) in [5.41, 5.74) is 2.31. The zero-order valence-corrected chi connectivity index (χ0v) is 12.5. The van der Waals surface area contributed by atoms with Gasteiger partial charge in [-0.25, -0.2) is 0 Å². The first-order valence-corrected chi connectivity index (χ1v) is 8.71. The largest absolute Gasteiger partial charge is 0.370 e. The van der Waals surface area contributed by atoms with Gasteiger partial charge in [-0.2, -0.15) is 0 Å². The van der Waals surface area contributed by atoms with Crippen LogP contribution >= 0.6 is 11.6 Å². The van der Waals surface area contributed by atoms with Gasteiger partial charge in [0.15, 0.2) is 0 Å². The van der Waals surface area contributed by atoms with Crippen LogP contribution in [0.3, 0.4) is 0 Å². The number of benzene rings is 1. The first kappa shape index (κ1) is 13.4. The lowest BCUT2D eigenvalue weighted by molar-refractivity contribution is 0.673. The Morgan fingerprint density at radius 2 is 2.05 bits per heavy atom. The normalized spacial score (nSPS) is 20.8. The highest BCUT2D eigenvalue weighted by molar-refractivity contribution is 7.85. The second kappa shape index (κ2) is 5.81. The average molecular weight is 299 g/mol. The molecule has 5 heteroatoms. The number of nitrogens with one attached hydrogen (secondary N) is 1. The molecule has 0 spiro atoms. The molecule has 1 heterocycles. The van der Waals surface area contributed by atoms with Gasteiger partial charge in [0.1, 0.15) is 0 Å². The van der Waals surface area contributed by atoms with E-state index in [1.165, 1.54) is 12.8 Å². The predicted molar refractivity (Wildman–Crippen MR) is 81.4 cm³/mol. The summed E-state index contributed by atoms with van der Waals surface area (Å²) >= 11 is 6.35. The third-order valence-electron chi connectivity index (χ3n) is 3.74. The molecule has 104 valence electrons. The minimum Gasteiger partial charge on any atom is -0.370 e. The molecule has 1 saturated carbocycles. The Hall–Kier alpha value is -0.580. The average Bonchev–Trinajstić information content (AvgIpc) is 3.22. The molecule has 0 atom stereocenters. The van der Waals surface area contributed by atoms with Crippen molar-refractivity contribution in [3.63, 3.8) is 0 Å². The summed E-state index contributed by atoms with van der Waals surface area (Å²) in [6.07, 6.45) is 2.58. The molecule has 0 aromatic heterocycles. The molecule has 1 saturated heterocycles. The van der Waals surface area contributed by atoms with Crippen molar-refractivity contribution in [1.82, 2.24) is 5.32 Å². The minimum absolute atomic E-state index is 0.630. The van der Waals surface area contributed by atoms with E-state index in [0.717, 1.165) is 47.4 Å². The van der Waals surface area contributed by atoms with Crippen molar-refractivity contribution in [2.75, 3.05) is 29.5 Å². The number of rotatable bonds is 4. The van der Waals surface area contributed by atoms with Crippen LogP contribution in [0.5, 0.6) is 0 Å². The van der Waals surface area contributed by atoms with E-state index in [2.05, 4.69) is 22.3 Å². The fourth-order valence-corrected chi connectivity index (χ4v) is 3.61. The number of hydrogen-bond donors (Lipinski definition) is 1. The zero-order valence-electron chi connectivity index (χ0n) is 10.9. The van der Waals surface area contributed by atoms with E-state index in [1.54, 1.807) is 0 Å². The molecule has 1 aliphatic carbocycles. The molecule has 1 aliphatic heterocycles. The van der Waals surface area contributed by atoms with Crippen LogP contribution in [0.15, 0.2) is 18.2 Å². The van der Waals surface area contributed by atoms with Crippen molar-refractivity contribution in [2.24, 2.45) is 0 Å². The molecule has 0 unspecified atom stereocenters. The van der Waals surface area contributed by atoms with Gasteiger partial charge in [-0.1, -0.05) is 17.7 Å². The highest BCUT2D eigenvalue weighted by Crippen LogP contribution is 2.26. The molecular formula is C14H19ClN2OS. The molecular weight excluding hydrogens is 280 g/mol. The summed E-state index contributed by atoms with van der Waals surface area (Å²) in [7, 11) is -0.630. The molecule has 3 nitrogen and oxygen atoms in total. The Balaban J connectivity index is 1.65. The Morgan fingerprint density at radius 1 is 1.32 bits per heavy atom. The van der Waals surface area contributed by atoms with Crippen molar-refractivity contribution in [3.05, 3.63) is 28.8 Å². The van der Waals surface area contributed by atoms with Crippen LogP contribution < -0.4 is 10.2 Å². The molecule has 19 heavy (non-hydrogen) atoms. The standard InChI is InChI=1S/C14H19ClN2OS/c15-14-9-13(17-5-7-19(18)8-6-17)4-1-11(14)10-16-12-2-3-12/h1,4,9,12,16H,2-3,5-8,10H2. The van der Waals surface area contributed by atoms with Gasteiger partial charge in [0.25, 0.3) is 0 Å². The van der Waals surface area contributed by atoms with Gasteiger partial charge in [0.2, 0.25) is 0 Å². The van der Waals surface area contributed by atoms with Gasteiger partial charge in [-0.15, -0.1) is 0 Å². The summed E-state index contributed by atoms with van der Waals surface area (Å²) in [5.74, 6) is 1.53. The Labute approximate surface area is 121 Å². The van der Waals surface area contributed by atoms with E-state index in [9.17, 15) is 4.21 Å². The van der Waals surface area contributed by atoms with E-state index < -0.39 is 10.8 Å². The van der Waals surface area contributed by atoms with Gasteiger partial charge < -0.3 is 10.2 Å². The van der Waals surface area contributed by atoms with Crippen molar-refractivity contribution < 1.29 is 4.21 Å². The Bertz CT molecular complexity index is 480. The quantitative estimate of drug-likeness (QED) is 0.924. The second-order valence-corrected chi connectivity index (χ2v) is 7.37. The van der Waals surface area contributed by atoms with Crippen LogP contribution in [0.4, 0.5) is 5.69 Å². The number of hydrogen-bond acceptors (Lipinski definition) is 3. The molecule has 3 rings (SSSR count). The molecule has 2 aliphatic rings. The van der Waals surface area contributed by atoms with Gasteiger partial charge in [0, 0.05) is 58.7 Å². The van der Waals surface area contributed by atoms with Gasteiger partial charge in [0.05, 0.1) is 0 Å². The monoisotopic (exact) mass is 298 g/mol. The van der Waals surface area contributed by atoms with Crippen LogP contribution in [-0.4, -0.2) is 34.8 Å². The van der Waals surface area contributed by atoms with E-state index in [0.29, 0.717) is 6.04 Å². The Kier molecular flexibility index (Phi) is 4.10. The summed E-state index contributed by atoms with van der Waals surface area (Å²) < 4.78 is 11.4. The molecule has 0 radical (unpaired) electrons. The maximum absolute atomic E-state index is 11.4. The lowest BCUT2D eigenvalue weighted by Crippen LogP contribution is -2.37. The van der Waals surface area contributed by atoms with E-state index in [1.807, 2.05) is 6.07 Å². The van der Waals surface area contributed by atoms with E-state index in [-0.39, 0.29) is 0 Å². The van der Waals surface area contributed by atoms with Gasteiger partial charge >= 0.3 is 0 Å². The Morgan fingerprint density at radius 3 is 2.68 bits per heavy atom. The van der Waals surface area contributed by atoms with Crippen molar-refractivity contribution >= 4 is 28.1 Å². The molecule has 2 fully saturated rings. The highest BCUT2D eigenvalue weighted by Gasteiger charge is 2.21. The molecule has 1 aromatic carbocycles. The van der Waals surface area contributed by atoms with Crippen LogP contribution in [-0.2, 0) is 17.3 Å². The number of nitrogens with zero attached hydrogens (tertiary/aromatic N) is 1. The van der Waals surface area contributed by atoms with Crippen LogP contribution in [0.1, 0.15) is 18.4 Å². The maximum Gasteiger partial charge on any atom is 0.0471 e. The van der Waals surface area contributed by atoms with Crippen molar-refractivity contribution in [1.29, 1.82) is 0 Å². The first-order chi connectivity index (χ1) is 9.22. The molecule has 1 N–H and O–H groups in total. The van der Waals surface area contributed by atoms with E-state index in [4.69, 9.17) is 11.6 Å². The van der Waals surface area contributed by atoms with E-state index >= 15 is 0 Å². The molecule has 1 aromatic rings. The van der Waals surface area contributed by atoms with Crippen LogP contribution in [0.25, 0.3) is 0 Å². The first-order valence-electron chi connectivity index (χ1n) is 6.84. The summed E-state index contributed by atoms with van der Waals surface area (Å²) in [6, 6.07) is 6.98. The number of halogens is 1. The maximum atomic E-state index is 11.4. The summed E-state index contributed by atoms with van der Waals surface area (Å²) in [6.45, 7) is 2.58. The number of anilines is 1. The lowest BCUT2D eigenvalue weighted by atomic mass is 10.2. The summed E-state index contributed by atoms with van der Waals surface area (Å²) in [4.78, 5) is 2.27. The second-order valence-electron chi connectivity index (χ2n) is 5.27. The predicted octanol–water partition coefficient (Wildman–Crippen LogP) is 2.16. The van der Waals surface area contributed by atoms with Crippen LogP contribution in [0, 0.1) is 0 Å². The third kappa shape index (κ3) is 3.50. The lowest BCUT2D eigenvalue weighted by Gasteiger charge is -2.28. The molecule has 0 amide bonds. The van der Waals surface area contributed by atoms with Crippen molar-refractivity contribution in [3.8, 4) is 0 Å². The minimum atomic E-state index is -0.630. The topological polar surface area (TPSA) is 32.3 Å². The summed E-state index contributed by atoms with van der Waals surface area (Å²) in [5, 5.41) is 4.31. The fraction of sp³-hybridized carbons (Fsp3) is 0.571.